The first-order valence-corrected chi connectivity index (χ1v) is 10.6. The quantitative estimate of drug-likeness (QED) is 0.504. The summed E-state index contributed by atoms with van der Waals surface area (Å²) in [4.78, 5) is 20.7. The first-order chi connectivity index (χ1) is 15.9. The third-order valence-electron chi connectivity index (χ3n) is 5.07. The molecule has 9 nitrogen and oxygen atoms in total. The van der Waals surface area contributed by atoms with Gasteiger partial charge in [0.1, 0.15) is 5.69 Å². The molecule has 11 heteroatoms. The largest absolute Gasteiger partial charge is 0.493 e. The summed E-state index contributed by atoms with van der Waals surface area (Å²) in [6, 6.07) is 10.3. The van der Waals surface area contributed by atoms with E-state index in [2.05, 4.69) is 20.6 Å². The predicted octanol–water partition coefficient (Wildman–Crippen LogP) is 2.41. The molecular formula is C22H22Cl2N5O4+. The minimum Gasteiger partial charge on any atom is -0.493 e. The lowest BCUT2D eigenvalue weighted by Crippen LogP contribution is -2.82. The van der Waals surface area contributed by atoms with Crippen LogP contribution in [0.1, 0.15) is 17.4 Å². The lowest BCUT2D eigenvalue weighted by atomic mass is 10.1. The van der Waals surface area contributed by atoms with Gasteiger partial charge in [-0.3, -0.25) is 9.79 Å². The van der Waals surface area contributed by atoms with Gasteiger partial charge in [-0.15, -0.1) is 0 Å². The molecule has 0 amide bonds. The minimum atomic E-state index is -0.656. The predicted molar refractivity (Wildman–Crippen MR) is 127 cm³/mol. The summed E-state index contributed by atoms with van der Waals surface area (Å²) >= 11 is 12.5. The van der Waals surface area contributed by atoms with Gasteiger partial charge in [0.2, 0.25) is 5.75 Å². The van der Waals surface area contributed by atoms with Gasteiger partial charge < -0.3 is 14.2 Å². The van der Waals surface area contributed by atoms with Crippen molar-refractivity contribution in [3.05, 3.63) is 68.1 Å². The SMILES string of the molecule is COc1cc([C@@H]2[NH+]=C(Nc3cccc(Cl)c3Cl)Nc3nc(C)cc(=O)n32)cc(OC)c1OC. The number of halogens is 2. The van der Waals surface area contributed by atoms with E-state index in [0.717, 1.165) is 0 Å². The number of ether oxygens (including phenoxy) is 3. The second kappa shape index (κ2) is 9.21. The Balaban J connectivity index is 1.88. The summed E-state index contributed by atoms with van der Waals surface area (Å²) in [5.41, 5.74) is 1.59. The van der Waals surface area contributed by atoms with Crippen LogP contribution in [-0.4, -0.2) is 36.8 Å². The summed E-state index contributed by atoms with van der Waals surface area (Å²) in [6.07, 6.45) is -0.656. The van der Waals surface area contributed by atoms with E-state index in [9.17, 15) is 4.79 Å². The Bertz CT molecular complexity index is 1280. The van der Waals surface area contributed by atoms with Crippen molar-refractivity contribution < 1.29 is 19.2 Å². The summed E-state index contributed by atoms with van der Waals surface area (Å²) in [5, 5.41) is 7.06. The van der Waals surface area contributed by atoms with Crippen molar-refractivity contribution in [2.75, 3.05) is 32.0 Å². The fourth-order valence-electron chi connectivity index (χ4n) is 3.59. The maximum absolute atomic E-state index is 13.0. The monoisotopic (exact) mass is 490 g/mol. The first-order valence-electron chi connectivity index (χ1n) is 9.88. The minimum absolute atomic E-state index is 0.240. The van der Waals surface area contributed by atoms with Crippen LogP contribution in [0.15, 0.2) is 41.2 Å². The number of anilines is 2. The molecule has 3 N–H and O–H groups in total. The number of hydrogen-bond acceptors (Lipinski definition) is 7. The van der Waals surface area contributed by atoms with E-state index in [0.29, 0.717) is 56.1 Å². The zero-order chi connectivity index (χ0) is 23.7. The molecule has 2 heterocycles. The van der Waals surface area contributed by atoms with Gasteiger partial charge in [-0.1, -0.05) is 29.3 Å². The van der Waals surface area contributed by atoms with Crippen molar-refractivity contribution in [3.8, 4) is 17.2 Å². The van der Waals surface area contributed by atoms with Crippen LogP contribution < -0.4 is 35.4 Å². The summed E-state index contributed by atoms with van der Waals surface area (Å²) in [5.74, 6) is 2.15. The molecule has 3 aromatic rings. The van der Waals surface area contributed by atoms with Crippen LogP contribution in [-0.2, 0) is 0 Å². The first kappa shape index (κ1) is 22.8. The van der Waals surface area contributed by atoms with E-state index in [-0.39, 0.29) is 5.56 Å². The second-order valence-corrected chi connectivity index (χ2v) is 7.95. The van der Waals surface area contributed by atoms with Crippen LogP contribution in [0.3, 0.4) is 0 Å². The molecule has 0 aliphatic carbocycles. The van der Waals surface area contributed by atoms with E-state index < -0.39 is 6.17 Å². The van der Waals surface area contributed by atoms with E-state index in [1.54, 1.807) is 37.3 Å². The topological polar surface area (TPSA) is 101 Å². The molecule has 1 aliphatic rings. The molecule has 0 spiro atoms. The highest BCUT2D eigenvalue weighted by Gasteiger charge is 2.31. The fourth-order valence-corrected chi connectivity index (χ4v) is 3.93. The third kappa shape index (κ3) is 4.29. The molecule has 4 rings (SSSR count). The van der Waals surface area contributed by atoms with Gasteiger partial charge in [-0.25, -0.2) is 20.2 Å². The molecule has 33 heavy (non-hydrogen) atoms. The van der Waals surface area contributed by atoms with Crippen LogP contribution >= 0.6 is 23.2 Å². The van der Waals surface area contributed by atoms with E-state index in [1.165, 1.54) is 32.0 Å². The van der Waals surface area contributed by atoms with Gasteiger partial charge in [0.05, 0.1) is 31.4 Å². The van der Waals surface area contributed by atoms with Gasteiger partial charge in [0.25, 0.3) is 11.5 Å². The number of rotatable bonds is 5. The number of fused-ring (bicyclic) bond motifs is 1. The van der Waals surface area contributed by atoms with Crippen molar-refractivity contribution >= 4 is 40.8 Å². The summed E-state index contributed by atoms with van der Waals surface area (Å²) in [6.45, 7) is 1.75. The van der Waals surface area contributed by atoms with E-state index in [4.69, 9.17) is 37.4 Å². The van der Waals surface area contributed by atoms with Crippen LogP contribution in [0, 0.1) is 6.92 Å². The molecule has 1 atom stereocenters. The molecule has 0 unspecified atom stereocenters. The van der Waals surface area contributed by atoms with Crippen molar-refractivity contribution in [2.45, 2.75) is 13.1 Å². The number of nitrogens with one attached hydrogen (secondary N) is 3. The maximum Gasteiger partial charge on any atom is 0.357 e. The Morgan fingerprint density at radius 2 is 1.79 bits per heavy atom. The highest BCUT2D eigenvalue weighted by molar-refractivity contribution is 6.44. The second-order valence-electron chi connectivity index (χ2n) is 7.16. The highest BCUT2D eigenvalue weighted by atomic mass is 35.5. The molecule has 2 aromatic carbocycles. The Morgan fingerprint density at radius 3 is 2.42 bits per heavy atom. The molecular weight excluding hydrogens is 469 g/mol. The van der Waals surface area contributed by atoms with Gasteiger partial charge in [0.15, 0.2) is 17.7 Å². The van der Waals surface area contributed by atoms with Crippen LogP contribution in [0.2, 0.25) is 10.0 Å². The van der Waals surface area contributed by atoms with Crippen molar-refractivity contribution in [1.82, 2.24) is 9.55 Å². The number of aryl methyl sites for hydroxylation is 1. The third-order valence-corrected chi connectivity index (χ3v) is 5.89. The summed E-state index contributed by atoms with van der Waals surface area (Å²) < 4.78 is 17.9. The van der Waals surface area contributed by atoms with E-state index in [1.807, 2.05) is 0 Å². The van der Waals surface area contributed by atoms with Gasteiger partial charge in [-0.2, -0.15) is 0 Å². The van der Waals surface area contributed by atoms with Crippen LogP contribution in [0.5, 0.6) is 17.2 Å². The van der Waals surface area contributed by atoms with Crippen LogP contribution in [0.25, 0.3) is 0 Å². The molecule has 0 radical (unpaired) electrons. The van der Waals surface area contributed by atoms with Gasteiger partial charge >= 0.3 is 5.96 Å². The highest BCUT2D eigenvalue weighted by Crippen LogP contribution is 2.39. The normalized spacial score (nSPS) is 14.6. The maximum atomic E-state index is 13.0. The molecule has 0 saturated heterocycles. The fraction of sp³-hybridized carbons (Fsp3) is 0.227. The lowest BCUT2D eigenvalue weighted by Gasteiger charge is -2.24. The lowest BCUT2D eigenvalue weighted by molar-refractivity contribution is -0.520. The zero-order valence-electron chi connectivity index (χ0n) is 18.3. The summed E-state index contributed by atoms with van der Waals surface area (Å²) in [7, 11) is 4.59. The standard InChI is InChI=1S/C22H21Cl2N5O4/c1-11-8-17(30)29-20(12-9-15(31-2)19(33-4)16(10-12)32-3)27-21(28-22(29)25-11)26-14-7-5-6-13(23)18(14)24/h5-10,20H,1-4H3,(H2,25,26,27,28)/p+1/t20-/m1/s1. The van der Waals surface area contributed by atoms with Gasteiger partial charge in [0, 0.05) is 17.3 Å². The number of benzene rings is 2. The van der Waals surface area contributed by atoms with E-state index >= 15 is 0 Å². The molecule has 0 bridgehead atoms. The van der Waals surface area contributed by atoms with Crippen molar-refractivity contribution in [3.63, 3.8) is 0 Å². The number of methoxy groups -OCH3 is 3. The molecule has 1 aliphatic heterocycles. The Morgan fingerprint density at radius 1 is 1.09 bits per heavy atom. The van der Waals surface area contributed by atoms with Gasteiger partial charge in [-0.05, 0) is 31.2 Å². The smallest absolute Gasteiger partial charge is 0.357 e. The average Bonchev–Trinajstić information content (AvgIpc) is 2.80. The number of aromatic nitrogens is 2. The Hall–Kier alpha value is -3.43. The Kier molecular flexibility index (Phi) is 6.35. The number of hydrogen-bond donors (Lipinski definition) is 3. The van der Waals surface area contributed by atoms with Crippen molar-refractivity contribution in [2.24, 2.45) is 0 Å². The molecule has 172 valence electrons. The van der Waals surface area contributed by atoms with Crippen LogP contribution in [0.4, 0.5) is 11.6 Å². The Labute approximate surface area is 199 Å². The number of guanidine groups is 1. The van der Waals surface area contributed by atoms with Crippen molar-refractivity contribution in [1.29, 1.82) is 0 Å². The number of nitrogens with zero attached hydrogens (tertiary/aromatic N) is 2. The average molecular weight is 491 g/mol. The molecule has 0 saturated carbocycles. The molecule has 1 aromatic heterocycles. The zero-order valence-corrected chi connectivity index (χ0v) is 19.8. The molecule has 0 fully saturated rings.